The van der Waals surface area contributed by atoms with Gasteiger partial charge in [-0.15, -0.1) is 0 Å². The number of likely N-dealkylation sites (tertiary alicyclic amines) is 1. The van der Waals surface area contributed by atoms with E-state index in [1.54, 1.807) is 0 Å². The molecule has 2 rings (SSSR count). The second-order valence-electron chi connectivity index (χ2n) is 7.00. The highest BCUT2D eigenvalue weighted by molar-refractivity contribution is 5.90. The maximum Gasteiger partial charge on any atom is 0.338 e. The lowest BCUT2D eigenvalue weighted by Crippen LogP contribution is -2.43. The van der Waals surface area contributed by atoms with Crippen LogP contribution in [-0.4, -0.2) is 68.0 Å². The number of aliphatic imine (C=N–C) groups is 1. The first-order valence-corrected chi connectivity index (χ1v) is 9.88. The highest BCUT2D eigenvalue weighted by Crippen LogP contribution is 2.15. The predicted octanol–water partition coefficient (Wildman–Crippen LogP) is 0.0128. The fourth-order valence-corrected chi connectivity index (χ4v) is 3.02. The molecule has 10 heteroatoms. The van der Waals surface area contributed by atoms with E-state index in [-0.39, 0.29) is 36.8 Å². The van der Waals surface area contributed by atoms with Crippen molar-refractivity contribution in [1.82, 2.24) is 10.2 Å². The molecule has 0 unspecified atom stereocenters. The number of esters is 2. The van der Waals surface area contributed by atoms with E-state index in [1.807, 2.05) is 11.9 Å². The first kappa shape index (κ1) is 23.1. The van der Waals surface area contributed by atoms with E-state index in [1.165, 1.54) is 24.3 Å². The Kier molecular flexibility index (Phi) is 9.07. The Labute approximate surface area is 175 Å². The Morgan fingerprint density at radius 1 is 1.20 bits per heavy atom. The average Bonchev–Trinajstić information content (AvgIpc) is 3.15. The van der Waals surface area contributed by atoms with E-state index in [4.69, 9.17) is 20.9 Å². The number of rotatable bonds is 10. The van der Waals surface area contributed by atoms with Gasteiger partial charge in [0.25, 0.3) is 0 Å². The molecule has 1 aromatic rings. The molecule has 0 bridgehead atoms. The molecule has 1 fully saturated rings. The van der Waals surface area contributed by atoms with Crippen molar-refractivity contribution in [3.8, 4) is 5.75 Å². The number of guanidine groups is 1. The van der Waals surface area contributed by atoms with Crippen molar-refractivity contribution >= 4 is 23.8 Å². The minimum Gasteiger partial charge on any atom is -0.462 e. The Bertz CT molecular complexity index is 761. The normalized spacial score (nSPS) is 16.0. The van der Waals surface area contributed by atoms with Gasteiger partial charge >= 0.3 is 11.9 Å². The molecule has 10 nitrogen and oxygen atoms in total. The van der Waals surface area contributed by atoms with Crippen LogP contribution in [-0.2, 0) is 14.3 Å². The molecule has 0 aromatic heterocycles. The third-order valence-corrected chi connectivity index (χ3v) is 4.63. The molecule has 1 amide bonds. The molecule has 0 radical (unpaired) electrons. The molecule has 1 atom stereocenters. The van der Waals surface area contributed by atoms with Gasteiger partial charge in [0.15, 0.2) is 5.96 Å². The molecule has 164 valence electrons. The van der Waals surface area contributed by atoms with Crippen molar-refractivity contribution in [3.05, 3.63) is 29.8 Å². The number of unbranched alkanes of at least 4 members (excludes halogenated alkanes) is 1. The van der Waals surface area contributed by atoms with Gasteiger partial charge in [-0.3, -0.25) is 14.7 Å². The average molecular weight is 419 g/mol. The summed E-state index contributed by atoms with van der Waals surface area (Å²) in [6.45, 7) is 1.39. The standard InChI is InChI=1S/C20H29N5O5/c1-25-11-4-5-16(25)18(27)24-13-17(26)30-15-8-6-14(7-9-15)19(28)29-12-3-2-10-23-20(21)22/h6-9,16H,2-5,10-13H2,1H3,(H,24,27)(H4,21,22,23)/t16-/m0/s1. The number of ether oxygens (including phenoxy) is 2. The van der Waals surface area contributed by atoms with Gasteiger partial charge in [-0.2, -0.15) is 0 Å². The van der Waals surface area contributed by atoms with Crippen molar-refractivity contribution in [2.24, 2.45) is 16.5 Å². The summed E-state index contributed by atoms with van der Waals surface area (Å²) < 4.78 is 10.4. The largest absolute Gasteiger partial charge is 0.462 e. The van der Waals surface area contributed by atoms with E-state index in [2.05, 4.69) is 10.3 Å². The number of hydrogen-bond donors (Lipinski definition) is 3. The van der Waals surface area contributed by atoms with Gasteiger partial charge < -0.3 is 26.3 Å². The lowest BCUT2D eigenvalue weighted by Gasteiger charge is -2.18. The van der Waals surface area contributed by atoms with Crippen molar-refractivity contribution in [2.75, 3.05) is 33.3 Å². The smallest absolute Gasteiger partial charge is 0.338 e. The Balaban J connectivity index is 1.69. The highest BCUT2D eigenvalue weighted by atomic mass is 16.5. The maximum absolute atomic E-state index is 12.1. The van der Waals surface area contributed by atoms with Crippen LogP contribution >= 0.6 is 0 Å². The van der Waals surface area contributed by atoms with Crippen molar-refractivity contribution < 1.29 is 23.9 Å². The highest BCUT2D eigenvalue weighted by Gasteiger charge is 2.27. The first-order chi connectivity index (χ1) is 14.4. The third kappa shape index (κ3) is 7.70. The van der Waals surface area contributed by atoms with Crippen molar-refractivity contribution in [2.45, 2.75) is 31.7 Å². The van der Waals surface area contributed by atoms with Gasteiger partial charge in [0.1, 0.15) is 12.3 Å². The van der Waals surface area contributed by atoms with Crippen LogP contribution in [0, 0.1) is 0 Å². The lowest BCUT2D eigenvalue weighted by molar-refractivity contribution is -0.136. The van der Waals surface area contributed by atoms with Crippen LogP contribution in [0.4, 0.5) is 0 Å². The second kappa shape index (κ2) is 11.8. The van der Waals surface area contributed by atoms with Crippen LogP contribution in [0.25, 0.3) is 0 Å². The predicted molar refractivity (Wildman–Crippen MR) is 111 cm³/mol. The number of amides is 1. The number of carbonyl (C=O) groups is 3. The monoisotopic (exact) mass is 419 g/mol. The lowest BCUT2D eigenvalue weighted by atomic mass is 10.2. The van der Waals surface area contributed by atoms with E-state index in [0.717, 1.165) is 19.4 Å². The number of hydrogen-bond acceptors (Lipinski definition) is 7. The van der Waals surface area contributed by atoms with Gasteiger partial charge in [-0.1, -0.05) is 0 Å². The first-order valence-electron chi connectivity index (χ1n) is 9.88. The van der Waals surface area contributed by atoms with Crippen LogP contribution in [0.1, 0.15) is 36.0 Å². The Morgan fingerprint density at radius 2 is 1.93 bits per heavy atom. The number of nitrogens with two attached hydrogens (primary N) is 2. The Hall–Kier alpha value is -3.14. The van der Waals surface area contributed by atoms with E-state index in [0.29, 0.717) is 24.9 Å². The van der Waals surface area contributed by atoms with Crippen LogP contribution in [0.15, 0.2) is 29.3 Å². The van der Waals surface area contributed by atoms with Crippen LogP contribution in [0.5, 0.6) is 5.75 Å². The van der Waals surface area contributed by atoms with Gasteiger partial charge in [0, 0.05) is 6.54 Å². The summed E-state index contributed by atoms with van der Waals surface area (Å²) in [6.07, 6.45) is 3.09. The summed E-state index contributed by atoms with van der Waals surface area (Å²) in [4.78, 5) is 41.8. The fraction of sp³-hybridized carbons (Fsp3) is 0.500. The molecule has 30 heavy (non-hydrogen) atoms. The number of likely N-dealkylation sites (N-methyl/N-ethyl adjacent to an activating group) is 1. The molecule has 5 N–H and O–H groups in total. The van der Waals surface area contributed by atoms with E-state index < -0.39 is 11.9 Å². The minimum absolute atomic E-state index is 0.0385. The SMILES string of the molecule is CN1CCC[C@H]1C(=O)NCC(=O)Oc1ccc(C(=O)OCCCCN=C(N)N)cc1. The molecule has 1 saturated heterocycles. The van der Waals surface area contributed by atoms with Gasteiger partial charge in [0.2, 0.25) is 5.91 Å². The van der Waals surface area contributed by atoms with Crippen molar-refractivity contribution in [1.29, 1.82) is 0 Å². The molecule has 1 heterocycles. The van der Waals surface area contributed by atoms with E-state index >= 15 is 0 Å². The third-order valence-electron chi connectivity index (χ3n) is 4.63. The zero-order chi connectivity index (χ0) is 21.9. The number of benzene rings is 1. The molecular formula is C20H29N5O5. The van der Waals surface area contributed by atoms with Gasteiger partial charge in [0.05, 0.1) is 18.2 Å². The fourth-order valence-electron chi connectivity index (χ4n) is 3.02. The molecular weight excluding hydrogens is 390 g/mol. The summed E-state index contributed by atoms with van der Waals surface area (Å²) in [5.74, 6) is -0.913. The summed E-state index contributed by atoms with van der Waals surface area (Å²) in [5.41, 5.74) is 10.8. The molecule has 1 aliphatic rings. The zero-order valence-corrected chi connectivity index (χ0v) is 17.1. The molecule has 1 aliphatic heterocycles. The van der Waals surface area contributed by atoms with E-state index in [9.17, 15) is 14.4 Å². The zero-order valence-electron chi connectivity index (χ0n) is 17.1. The summed E-state index contributed by atoms with van der Waals surface area (Å²) >= 11 is 0. The summed E-state index contributed by atoms with van der Waals surface area (Å²) in [7, 11) is 1.88. The van der Waals surface area contributed by atoms with Crippen molar-refractivity contribution in [3.63, 3.8) is 0 Å². The minimum atomic E-state index is -0.583. The molecule has 0 saturated carbocycles. The Morgan fingerprint density at radius 3 is 2.57 bits per heavy atom. The van der Waals surface area contributed by atoms with Gasteiger partial charge in [-0.05, 0) is 63.5 Å². The molecule has 0 aliphatic carbocycles. The van der Waals surface area contributed by atoms with Crippen LogP contribution < -0.4 is 21.5 Å². The van der Waals surface area contributed by atoms with Crippen LogP contribution in [0.3, 0.4) is 0 Å². The summed E-state index contributed by atoms with van der Waals surface area (Å²) in [6, 6.07) is 5.82. The number of nitrogens with one attached hydrogen (secondary N) is 1. The maximum atomic E-state index is 12.1. The topological polar surface area (TPSA) is 149 Å². The van der Waals surface area contributed by atoms with Crippen LogP contribution in [0.2, 0.25) is 0 Å². The molecule has 1 aromatic carbocycles. The summed E-state index contributed by atoms with van der Waals surface area (Å²) in [5, 5.41) is 2.60. The number of nitrogens with zero attached hydrogens (tertiary/aromatic N) is 2. The number of carbonyl (C=O) groups excluding carboxylic acids is 3. The quantitative estimate of drug-likeness (QED) is 0.158. The molecule has 0 spiro atoms. The van der Waals surface area contributed by atoms with Gasteiger partial charge in [-0.25, -0.2) is 9.59 Å². The second-order valence-corrected chi connectivity index (χ2v) is 7.00.